The highest BCUT2D eigenvalue weighted by Crippen LogP contribution is 2.26. The third-order valence-electron chi connectivity index (χ3n) is 2.89. The predicted octanol–water partition coefficient (Wildman–Crippen LogP) is 0.654. The molecular weight excluding hydrogens is 222 g/mol. The van der Waals surface area contributed by atoms with Gasteiger partial charge in [-0.15, -0.1) is 0 Å². The van der Waals surface area contributed by atoms with Crippen molar-refractivity contribution in [3.05, 3.63) is 23.8 Å². The van der Waals surface area contributed by atoms with Crippen molar-refractivity contribution >= 4 is 5.91 Å². The minimum absolute atomic E-state index is 0.0294. The molecule has 5 nitrogen and oxygen atoms in total. The first-order valence-electron chi connectivity index (χ1n) is 5.46. The number of carbonyl (C=O) groups is 1. The normalized spacial score (nSPS) is 22.7. The van der Waals surface area contributed by atoms with E-state index in [1.54, 1.807) is 12.1 Å². The highest BCUT2D eigenvalue weighted by atomic mass is 16.5. The van der Waals surface area contributed by atoms with E-state index in [-0.39, 0.29) is 23.8 Å². The number of aliphatic hydroxyl groups excluding tert-OH is 1. The van der Waals surface area contributed by atoms with E-state index in [9.17, 15) is 9.90 Å². The Morgan fingerprint density at radius 1 is 1.47 bits per heavy atom. The smallest absolute Gasteiger partial charge is 0.251 e. The van der Waals surface area contributed by atoms with Crippen molar-refractivity contribution in [1.82, 2.24) is 5.32 Å². The zero-order valence-corrected chi connectivity index (χ0v) is 9.51. The fourth-order valence-corrected chi connectivity index (χ4v) is 1.81. The van der Waals surface area contributed by atoms with E-state index in [2.05, 4.69) is 5.32 Å². The molecule has 1 aliphatic carbocycles. The minimum atomic E-state index is -0.301. The van der Waals surface area contributed by atoms with Crippen molar-refractivity contribution in [1.29, 1.82) is 0 Å². The number of hydrogen-bond acceptors (Lipinski definition) is 4. The first-order valence-corrected chi connectivity index (χ1v) is 5.46. The Hall–Kier alpha value is -1.75. The zero-order chi connectivity index (χ0) is 12.4. The fraction of sp³-hybridized carbons (Fsp3) is 0.417. The summed E-state index contributed by atoms with van der Waals surface area (Å²) in [6.45, 7) is 0. The van der Waals surface area contributed by atoms with Crippen LogP contribution in [0.2, 0.25) is 0 Å². The van der Waals surface area contributed by atoms with Gasteiger partial charge in [0, 0.05) is 11.6 Å². The molecule has 1 amide bonds. The predicted molar refractivity (Wildman–Crippen MR) is 61.2 cm³/mol. The molecular formula is C12H15NO4. The molecule has 1 fully saturated rings. The van der Waals surface area contributed by atoms with Crippen molar-refractivity contribution in [2.75, 3.05) is 7.11 Å². The second kappa shape index (κ2) is 4.63. The van der Waals surface area contributed by atoms with Gasteiger partial charge in [-0.05, 0) is 31.0 Å². The van der Waals surface area contributed by atoms with Crippen molar-refractivity contribution in [3.63, 3.8) is 0 Å². The van der Waals surface area contributed by atoms with E-state index in [0.717, 1.165) is 0 Å². The quantitative estimate of drug-likeness (QED) is 0.721. The van der Waals surface area contributed by atoms with Gasteiger partial charge in [0.1, 0.15) is 0 Å². The highest BCUT2D eigenvalue weighted by Gasteiger charge is 2.28. The number of phenols is 1. The lowest BCUT2D eigenvalue weighted by atomic mass is 9.89. The molecule has 17 heavy (non-hydrogen) atoms. The molecule has 1 saturated carbocycles. The van der Waals surface area contributed by atoms with E-state index in [1.807, 2.05) is 0 Å². The summed E-state index contributed by atoms with van der Waals surface area (Å²) in [6, 6.07) is 4.52. The Bertz CT molecular complexity index is 427. The number of aromatic hydroxyl groups is 1. The van der Waals surface area contributed by atoms with Gasteiger partial charge in [-0.3, -0.25) is 4.79 Å². The maximum atomic E-state index is 11.8. The van der Waals surface area contributed by atoms with Crippen LogP contribution in [0, 0.1) is 0 Å². The zero-order valence-electron chi connectivity index (χ0n) is 9.51. The molecule has 2 rings (SSSR count). The largest absolute Gasteiger partial charge is 0.504 e. The highest BCUT2D eigenvalue weighted by molar-refractivity contribution is 5.95. The molecule has 0 unspecified atom stereocenters. The van der Waals surface area contributed by atoms with Crippen LogP contribution in [0.4, 0.5) is 0 Å². The lowest BCUT2D eigenvalue weighted by molar-refractivity contribution is 0.0562. The number of nitrogens with one attached hydrogen (secondary N) is 1. The first kappa shape index (κ1) is 11.7. The topological polar surface area (TPSA) is 78.8 Å². The number of benzene rings is 1. The SMILES string of the molecule is COc1ccc(C(=O)NC2CC(O)C2)cc1O. The summed E-state index contributed by atoms with van der Waals surface area (Å²) < 4.78 is 4.89. The van der Waals surface area contributed by atoms with Gasteiger partial charge in [0.05, 0.1) is 13.2 Å². The van der Waals surface area contributed by atoms with Gasteiger partial charge in [0.25, 0.3) is 5.91 Å². The Morgan fingerprint density at radius 2 is 2.18 bits per heavy atom. The minimum Gasteiger partial charge on any atom is -0.504 e. The molecule has 1 aromatic rings. The lowest BCUT2D eigenvalue weighted by Gasteiger charge is -2.31. The van der Waals surface area contributed by atoms with E-state index in [4.69, 9.17) is 9.84 Å². The van der Waals surface area contributed by atoms with Gasteiger partial charge in [0.15, 0.2) is 11.5 Å². The molecule has 1 aliphatic rings. The molecule has 0 heterocycles. The number of ether oxygens (including phenoxy) is 1. The summed E-state index contributed by atoms with van der Waals surface area (Å²) in [4.78, 5) is 11.8. The molecule has 0 saturated heterocycles. The van der Waals surface area contributed by atoms with E-state index in [0.29, 0.717) is 24.2 Å². The van der Waals surface area contributed by atoms with Gasteiger partial charge < -0.3 is 20.3 Å². The summed E-state index contributed by atoms with van der Waals surface area (Å²) in [5.41, 5.74) is 0.379. The van der Waals surface area contributed by atoms with Crippen molar-refractivity contribution < 1.29 is 19.7 Å². The van der Waals surface area contributed by atoms with Gasteiger partial charge in [0.2, 0.25) is 0 Å². The molecule has 92 valence electrons. The molecule has 5 heteroatoms. The molecule has 0 spiro atoms. The van der Waals surface area contributed by atoms with Crippen LogP contribution in [0.5, 0.6) is 11.5 Å². The number of amides is 1. The van der Waals surface area contributed by atoms with Crippen LogP contribution < -0.4 is 10.1 Å². The molecule has 0 bridgehead atoms. The number of aliphatic hydroxyl groups is 1. The Kier molecular flexibility index (Phi) is 3.19. The van der Waals surface area contributed by atoms with Crippen LogP contribution in [0.1, 0.15) is 23.2 Å². The van der Waals surface area contributed by atoms with Crippen molar-refractivity contribution in [2.24, 2.45) is 0 Å². The average Bonchev–Trinajstić information content (AvgIpc) is 2.26. The van der Waals surface area contributed by atoms with E-state index in [1.165, 1.54) is 13.2 Å². The first-order chi connectivity index (χ1) is 8.10. The number of rotatable bonds is 3. The Morgan fingerprint density at radius 3 is 2.71 bits per heavy atom. The second-order valence-corrected chi connectivity index (χ2v) is 4.18. The van der Waals surface area contributed by atoms with Crippen LogP contribution in [-0.4, -0.2) is 35.4 Å². The summed E-state index contributed by atoms with van der Waals surface area (Å²) >= 11 is 0. The number of carbonyl (C=O) groups excluding carboxylic acids is 1. The van der Waals surface area contributed by atoms with Crippen molar-refractivity contribution in [2.45, 2.75) is 25.0 Å². The van der Waals surface area contributed by atoms with Crippen LogP contribution in [0.15, 0.2) is 18.2 Å². The summed E-state index contributed by atoms with van der Waals surface area (Å²) in [6.07, 6.45) is 0.881. The average molecular weight is 237 g/mol. The molecule has 0 radical (unpaired) electrons. The van der Waals surface area contributed by atoms with Crippen LogP contribution >= 0.6 is 0 Å². The maximum Gasteiger partial charge on any atom is 0.251 e. The van der Waals surface area contributed by atoms with Crippen LogP contribution in [0.25, 0.3) is 0 Å². The van der Waals surface area contributed by atoms with Gasteiger partial charge in [-0.25, -0.2) is 0 Å². The van der Waals surface area contributed by atoms with Crippen molar-refractivity contribution in [3.8, 4) is 11.5 Å². The Labute approximate surface area is 99.0 Å². The lowest BCUT2D eigenvalue weighted by Crippen LogP contribution is -2.46. The molecule has 3 N–H and O–H groups in total. The van der Waals surface area contributed by atoms with Gasteiger partial charge in [-0.1, -0.05) is 0 Å². The monoisotopic (exact) mass is 237 g/mol. The maximum absolute atomic E-state index is 11.8. The van der Waals surface area contributed by atoms with Gasteiger partial charge in [-0.2, -0.15) is 0 Å². The Balaban J connectivity index is 2.01. The third-order valence-corrected chi connectivity index (χ3v) is 2.89. The standard InChI is InChI=1S/C12H15NO4/c1-17-11-3-2-7(4-10(11)15)12(16)13-8-5-9(14)6-8/h2-4,8-9,14-15H,5-6H2,1H3,(H,13,16). The van der Waals surface area contributed by atoms with Gasteiger partial charge >= 0.3 is 0 Å². The van der Waals surface area contributed by atoms with Crippen LogP contribution in [0.3, 0.4) is 0 Å². The molecule has 0 aromatic heterocycles. The summed E-state index contributed by atoms with van der Waals surface area (Å²) in [5.74, 6) is 0.0225. The number of hydrogen-bond donors (Lipinski definition) is 3. The molecule has 1 aromatic carbocycles. The fourth-order valence-electron chi connectivity index (χ4n) is 1.81. The van der Waals surface area contributed by atoms with E-state index < -0.39 is 0 Å². The van der Waals surface area contributed by atoms with E-state index >= 15 is 0 Å². The summed E-state index contributed by atoms with van der Waals surface area (Å²) in [5, 5.41) is 21.4. The third kappa shape index (κ3) is 2.50. The second-order valence-electron chi connectivity index (χ2n) is 4.18. The number of methoxy groups -OCH3 is 1. The molecule has 0 aliphatic heterocycles. The molecule has 0 atom stereocenters. The van der Waals surface area contributed by atoms with Crippen LogP contribution in [-0.2, 0) is 0 Å². The number of phenolic OH excluding ortho intramolecular Hbond substituents is 1. The summed E-state index contributed by atoms with van der Waals surface area (Å²) in [7, 11) is 1.45.